The van der Waals surface area contributed by atoms with Crippen molar-refractivity contribution in [1.82, 2.24) is 0 Å². The molecule has 0 atom stereocenters. The predicted molar refractivity (Wildman–Crippen MR) is 105 cm³/mol. The van der Waals surface area contributed by atoms with Gasteiger partial charge in [-0.05, 0) is 48.4 Å². The van der Waals surface area contributed by atoms with Gasteiger partial charge in [0.05, 0.1) is 7.11 Å². The molecule has 0 fully saturated rings. The Hall–Kier alpha value is -2.17. The Labute approximate surface area is 166 Å². The summed E-state index contributed by atoms with van der Waals surface area (Å²) in [6.07, 6.45) is -4.15. The second-order valence-electron chi connectivity index (χ2n) is 5.06. The standard InChI is InChI=1S/C17H18F3N3O2.HI/c1-24-14-8-4-13(5-9-14)23-16(21)22-11-10-12-2-6-15(7-3-12)25-17(18,19)20;/h2-9H,10-11H2,1H3,(H3,21,22,23);1H. The summed E-state index contributed by atoms with van der Waals surface area (Å²) >= 11 is 0. The number of benzene rings is 2. The normalized spacial score (nSPS) is 11.5. The first-order chi connectivity index (χ1) is 11.9. The number of nitrogens with two attached hydrogens (primary N) is 1. The molecule has 0 spiro atoms. The van der Waals surface area contributed by atoms with E-state index in [1.807, 2.05) is 0 Å². The summed E-state index contributed by atoms with van der Waals surface area (Å²) in [6.45, 7) is 0.397. The van der Waals surface area contributed by atoms with E-state index in [0.29, 0.717) is 13.0 Å². The van der Waals surface area contributed by atoms with Gasteiger partial charge < -0.3 is 20.5 Å². The summed E-state index contributed by atoms with van der Waals surface area (Å²) < 4.78 is 45.1. The zero-order chi connectivity index (χ0) is 18.3. The summed E-state index contributed by atoms with van der Waals surface area (Å²) in [7, 11) is 1.58. The van der Waals surface area contributed by atoms with Gasteiger partial charge in [-0.3, -0.25) is 4.99 Å². The maximum atomic E-state index is 12.1. The van der Waals surface area contributed by atoms with Crippen LogP contribution in [-0.2, 0) is 6.42 Å². The van der Waals surface area contributed by atoms with Crippen LogP contribution in [0, 0.1) is 0 Å². The third kappa shape index (κ3) is 7.81. The molecule has 0 aromatic heterocycles. The summed E-state index contributed by atoms with van der Waals surface area (Å²) in [5, 5.41) is 2.94. The number of ether oxygens (including phenoxy) is 2. The van der Waals surface area contributed by atoms with E-state index in [1.165, 1.54) is 12.1 Å². The van der Waals surface area contributed by atoms with Crippen LogP contribution in [0.2, 0.25) is 0 Å². The quantitative estimate of drug-likeness (QED) is 0.369. The van der Waals surface area contributed by atoms with Crippen LogP contribution in [0.1, 0.15) is 5.56 Å². The molecule has 0 radical (unpaired) electrons. The maximum Gasteiger partial charge on any atom is 0.573 e. The summed E-state index contributed by atoms with van der Waals surface area (Å²) in [4.78, 5) is 4.18. The van der Waals surface area contributed by atoms with Gasteiger partial charge in [0.1, 0.15) is 11.5 Å². The summed E-state index contributed by atoms with van der Waals surface area (Å²) in [5.74, 6) is 0.738. The number of alkyl halides is 3. The Kier molecular flexibility index (Phi) is 8.49. The highest BCUT2D eigenvalue weighted by Gasteiger charge is 2.30. The van der Waals surface area contributed by atoms with E-state index in [9.17, 15) is 13.2 Å². The molecule has 0 unspecified atom stereocenters. The van der Waals surface area contributed by atoms with E-state index < -0.39 is 6.36 Å². The van der Waals surface area contributed by atoms with Crippen molar-refractivity contribution in [2.45, 2.75) is 12.8 Å². The van der Waals surface area contributed by atoms with E-state index in [0.717, 1.165) is 17.0 Å². The van der Waals surface area contributed by atoms with Gasteiger partial charge in [0, 0.05) is 12.2 Å². The number of aliphatic imine (C=N–C) groups is 1. The Morgan fingerprint density at radius 1 is 1.04 bits per heavy atom. The number of anilines is 1. The van der Waals surface area contributed by atoms with Gasteiger partial charge in [0.25, 0.3) is 0 Å². The second kappa shape index (κ2) is 10.1. The van der Waals surface area contributed by atoms with Crippen LogP contribution >= 0.6 is 24.0 Å². The Morgan fingerprint density at radius 2 is 1.62 bits per heavy atom. The van der Waals surface area contributed by atoms with Crippen LogP contribution in [0.25, 0.3) is 0 Å². The number of methoxy groups -OCH3 is 1. The van der Waals surface area contributed by atoms with Gasteiger partial charge in [-0.1, -0.05) is 12.1 Å². The summed E-state index contributed by atoms with van der Waals surface area (Å²) in [6, 6.07) is 12.9. The molecule has 2 rings (SSSR count). The molecule has 0 aliphatic carbocycles. The number of hydrogen-bond donors (Lipinski definition) is 2. The second-order valence-corrected chi connectivity index (χ2v) is 5.06. The van der Waals surface area contributed by atoms with Crippen LogP contribution in [0.4, 0.5) is 18.9 Å². The lowest BCUT2D eigenvalue weighted by Crippen LogP contribution is -2.23. The van der Waals surface area contributed by atoms with Gasteiger partial charge in [0.2, 0.25) is 0 Å². The van der Waals surface area contributed by atoms with Crippen molar-refractivity contribution in [3.63, 3.8) is 0 Å². The average Bonchev–Trinajstić information content (AvgIpc) is 2.56. The Bertz CT molecular complexity index is 705. The van der Waals surface area contributed by atoms with Crippen molar-refractivity contribution in [2.75, 3.05) is 19.0 Å². The minimum absolute atomic E-state index is 0. The maximum absolute atomic E-state index is 12.1. The number of nitrogens with zero attached hydrogens (tertiary/aromatic N) is 1. The number of hydrogen-bond acceptors (Lipinski definition) is 3. The highest BCUT2D eigenvalue weighted by atomic mass is 127. The van der Waals surface area contributed by atoms with Crippen LogP contribution in [0.5, 0.6) is 11.5 Å². The van der Waals surface area contributed by atoms with Crippen molar-refractivity contribution in [1.29, 1.82) is 0 Å². The molecule has 0 amide bonds. The molecule has 0 saturated heterocycles. The molecule has 5 nitrogen and oxygen atoms in total. The zero-order valence-electron chi connectivity index (χ0n) is 13.9. The zero-order valence-corrected chi connectivity index (χ0v) is 16.2. The van der Waals surface area contributed by atoms with Crippen molar-refractivity contribution >= 4 is 35.6 Å². The molecule has 0 aliphatic heterocycles. The van der Waals surface area contributed by atoms with Crippen LogP contribution in [0.15, 0.2) is 53.5 Å². The number of halogens is 4. The molecule has 2 aromatic rings. The minimum atomic E-state index is -4.69. The number of rotatable bonds is 6. The van der Waals surface area contributed by atoms with E-state index >= 15 is 0 Å². The molecule has 26 heavy (non-hydrogen) atoms. The van der Waals surface area contributed by atoms with Crippen molar-refractivity contribution < 1.29 is 22.6 Å². The number of nitrogens with one attached hydrogen (secondary N) is 1. The minimum Gasteiger partial charge on any atom is -0.497 e. The molecule has 0 heterocycles. The van der Waals surface area contributed by atoms with Crippen LogP contribution in [0.3, 0.4) is 0 Å². The fraction of sp³-hybridized carbons (Fsp3) is 0.235. The molecule has 0 bridgehead atoms. The lowest BCUT2D eigenvalue weighted by molar-refractivity contribution is -0.274. The van der Waals surface area contributed by atoms with Gasteiger partial charge in [0.15, 0.2) is 5.96 Å². The molecule has 0 saturated carbocycles. The molecule has 0 aliphatic rings. The molecule has 9 heteroatoms. The van der Waals surface area contributed by atoms with Crippen LogP contribution < -0.4 is 20.5 Å². The largest absolute Gasteiger partial charge is 0.573 e. The first-order valence-electron chi connectivity index (χ1n) is 7.41. The van der Waals surface area contributed by atoms with Gasteiger partial charge in [-0.2, -0.15) is 0 Å². The highest BCUT2D eigenvalue weighted by Crippen LogP contribution is 2.22. The average molecular weight is 481 g/mol. The molecular weight excluding hydrogens is 462 g/mol. The van der Waals surface area contributed by atoms with Crippen molar-refractivity contribution in [3.05, 3.63) is 54.1 Å². The van der Waals surface area contributed by atoms with Crippen LogP contribution in [-0.4, -0.2) is 26.0 Å². The van der Waals surface area contributed by atoms with E-state index in [4.69, 9.17) is 10.5 Å². The van der Waals surface area contributed by atoms with E-state index in [2.05, 4.69) is 15.0 Å². The Morgan fingerprint density at radius 3 is 2.15 bits per heavy atom. The predicted octanol–water partition coefficient (Wildman–Crippen LogP) is 4.18. The van der Waals surface area contributed by atoms with Crippen molar-refractivity contribution in [2.24, 2.45) is 10.7 Å². The topological polar surface area (TPSA) is 68.9 Å². The summed E-state index contributed by atoms with van der Waals surface area (Å²) in [5.41, 5.74) is 7.40. The van der Waals surface area contributed by atoms with Crippen molar-refractivity contribution in [3.8, 4) is 11.5 Å². The fourth-order valence-electron chi connectivity index (χ4n) is 2.03. The number of guanidine groups is 1. The third-order valence-corrected chi connectivity index (χ3v) is 3.20. The first-order valence-corrected chi connectivity index (χ1v) is 7.41. The SMILES string of the molecule is COc1ccc(NC(N)=NCCc2ccc(OC(F)(F)F)cc2)cc1.I. The monoisotopic (exact) mass is 481 g/mol. The van der Waals surface area contributed by atoms with Gasteiger partial charge in [-0.15, -0.1) is 37.1 Å². The third-order valence-electron chi connectivity index (χ3n) is 3.20. The molecule has 3 N–H and O–H groups in total. The Balaban J connectivity index is 0.00000338. The molecular formula is C17H19F3IN3O2. The lowest BCUT2D eigenvalue weighted by atomic mass is 10.1. The van der Waals surface area contributed by atoms with Gasteiger partial charge in [-0.25, -0.2) is 0 Å². The van der Waals surface area contributed by atoms with E-state index in [1.54, 1.807) is 43.5 Å². The molecule has 142 valence electrons. The molecule has 2 aromatic carbocycles. The lowest BCUT2D eigenvalue weighted by Gasteiger charge is -2.09. The fourth-order valence-corrected chi connectivity index (χ4v) is 2.03. The first kappa shape index (κ1) is 21.9. The van der Waals surface area contributed by atoms with Gasteiger partial charge >= 0.3 is 6.36 Å². The highest BCUT2D eigenvalue weighted by molar-refractivity contribution is 14.0. The smallest absolute Gasteiger partial charge is 0.497 e. The van der Waals surface area contributed by atoms with E-state index in [-0.39, 0.29) is 35.7 Å².